The van der Waals surface area contributed by atoms with Crippen LogP contribution in [-0.2, 0) is 9.53 Å². The zero-order valence-electron chi connectivity index (χ0n) is 21.4. The van der Waals surface area contributed by atoms with Crippen LogP contribution in [-0.4, -0.2) is 76.0 Å². The summed E-state index contributed by atoms with van der Waals surface area (Å²) >= 11 is 0. The fraction of sp³-hybridized carbons (Fsp3) is 0.560. The summed E-state index contributed by atoms with van der Waals surface area (Å²) in [5, 5.41) is 8.52. The van der Waals surface area contributed by atoms with E-state index in [2.05, 4.69) is 20.9 Å². The lowest BCUT2D eigenvalue weighted by molar-refractivity contribution is -0.125. The van der Waals surface area contributed by atoms with Gasteiger partial charge in [0.05, 0.1) is 18.9 Å². The number of ether oxygens (including phenoxy) is 1. The first-order chi connectivity index (χ1) is 16.4. The molecule has 0 fully saturated rings. The van der Waals surface area contributed by atoms with Crippen LogP contribution in [0.1, 0.15) is 39.2 Å². The van der Waals surface area contributed by atoms with Crippen molar-refractivity contribution < 1.29 is 23.1 Å². The molecule has 35 heavy (non-hydrogen) atoms. The molecule has 1 heterocycles. The van der Waals surface area contributed by atoms with Gasteiger partial charge < -0.3 is 25.6 Å². The SMILES string of the molecule is C/N=C(\C1=C(NC(=O)N[C@H](C(=O)NCCCN(C)C)C(C)(C)C)CCOC1)c1ccc(F)c(F)c1. The molecule has 0 unspecified atom stereocenters. The number of amides is 3. The maximum absolute atomic E-state index is 13.8. The van der Waals surface area contributed by atoms with Gasteiger partial charge in [-0.05, 0) is 50.7 Å². The Morgan fingerprint density at radius 2 is 1.91 bits per heavy atom. The van der Waals surface area contributed by atoms with Crippen LogP contribution in [0.2, 0.25) is 0 Å². The third kappa shape index (κ3) is 8.40. The summed E-state index contributed by atoms with van der Waals surface area (Å²) in [6.45, 7) is 7.50. The Morgan fingerprint density at radius 1 is 1.20 bits per heavy atom. The normalized spacial score (nSPS) is 15.7. The lowest BCUT2D eigenvalue weighted by atomic mass is 9.86. The van der Waals surface area contributed by atoms with Crippen LogP contribution in [0.3, 0.4) is 0 Å². The minimum absolute atomic E-state index is 0.149. The van der Waals surface area contributed by atoms with Crippen LogP contribution < -0.4 is 16.0 Å². The van der Waals surface area contributed by atoms with E-state index in [1.807, 2.05) is 39.8 Å². The van der Waals surface area contributed by atoms with E-state index < -0.39 is 29.1 Å². The average Bonchev–Trinajstić information content (AvgIpc) is 2.78. The molecule has 194 valence electrons. The monoisotopic (exact) mass is 493 g/mol. The molecule has 2 rings (SSSR count). The van der Waals surface area contributed by atoms with Gasteiger partial charge >= 0.3 is 6.03 Å². The van der Waals surface area contributed by atoms with Gasteiger partial charge in [0, 0.05) is 36.8 Å². The van der Waals surface area contributed by atoms with Gasteiger partial charge in [0.15, 0.2) is 11.6 Å². The Morgan fingerprint density at radius 3 is 2.51 bits per heavy atom. The van der Waals surface area contributed by atoms with Gasteiger partial charge in [-0.25, -0.2) is 13.6 Å². The topological polar surface area (TPSA) is 95.1 Å². The average molecular weight is 494 g/mol. The molecule has 1 aromatic carbocycles. The largest absolute Gasteiger partial charge is 0.376 e. The van der Waals surface area contributed by atoms with Crippen LogP contribution in [0, 0.1) is 17.0 Å². The molecule has 0 aliphatic carbocycles. The molecule has 3 amide bonds. The Bertz CT molecular complexity index is 970. The van der Waals surface area contributed by atoms with E-state index in [-0.39, 0.29) is 12.5 Å². The molecule has 10 heteroatoms. The first-order valence-corrected chi connectivity index (χ1v) is 11.7. The Labute approximate surface area is 206 Å². The summed E-state index contributed by atoms with van der Waals surface area (Å²) in [5.74, 6) is -2.20. The first kappa shape index (κ1) is 28.4. The maximum atomic E-state index is 13.8. The van der Waals surface area contributed by atoms with Crippen LogP contribution in [0.25, 0.3) is 0 Å². The highest BCUT2D eigenvalue weighted by Gasteiger charge is 2.33. The molecule has 0 saturated carbocycles. The van der Waals surface area contributed by atoms with E-state index in [1.54, 1.807) is 0 Å². The predicted octanol–water partition coefficient (Wildman–Crippen LogP) is 2.84. The number of rotatable bonds is 9. The summed E-state index contributed by atoms with van der Waals surface area (Å²) in [6, 6.07) is 2.22. The number of nitrogens with one attached hydrogen (secondary N) is 3. The molecule has 0 saturated heterocycles. The minimum atomic E-state index is -0.988. The number of aliphatic imine (C=N–C) groups is 1. The molecule has 0 bridgehead atoms. The van der Waals surface area contributed by atoms with E-state index in [1.165, 1.54) is 13.1 Å². The smallest absolute Gasteiger partial charge is 0.319 e. The number of carbonyl (C=O) groups is 2. The first-order valence-electron chi connectivity index (χ1n) is 11.7. The van der Waals surface area contributed by atoms with Crippen molar-refractivity contribution in [3.8, 4) is 0 Å². The van der Waals surface area contributed by atoms with Gasteiger partial charge in [0.1, 0.15) is 6.04 Å². The number of benzene rings is 1. The predicted molar refractivity (Wildman–Crippen MR) is 132 cm³/mol. The van der Waals surface area contributed by atoms with E-state index in [4.69, 9.17) is 4.74 Å². The fourth-order valence-electron chi connectivity index (χ4n) is 3.71. The minimum Gasteiger partial charge on any atom is -0.376 e. The molecule has 0 spiro atoms. The third-order valence-electron chi connectivity index (χ3n) is 5.56. The van der Waals surface area contributed by atoms with E-state index in [0.29, 0.717) is 42.1 Å². The molecule has 1 atom stereocenters. The van der Waals surface area contributed by atoms with Gasteiger partial charge in [-0.2, -0.15) is 0 Å². The number of urea groups is 1. The summed E-state index contributed by atoms with van der Waals surface area (Å²) in [6.07, 6.45) is 1.18. The van der Waals surface area contributed by atoms with Crippen LogP contribution in [0.15, 0.2) is 34.5 Å². The number of hydrogen-bond acceptors (Lipinski definition) is 5. The summed E-state index contributed by atoms with van der Waals surface area (Å²) in [5.41, 5.74) is 1.36. The second-order valence-electron chi connectivity index (χ2n) is 9.81. The molecular weight excluding hydrogens is 456 g/mol. The van der Waals surface area contributed by atoms with Crippen molar-refractivity contribution in [3.05, 3.63) is 46.7 Å². The maximum Gasteiger partial charge on any atom is 0.319 e. The lowest BCUT2D eigenvalue weighted by Crippen LogP contribution is -2.56. The van der Waals surface area contributed by atoms with Crippen LogP contribution in [0.5, 0.6) is 0 Å². The highest BCUT2D eigenvalue weighted by molar-refractivity contribution is 6.13. The molecule has 1 aliphatic rings. The molecule has 8 nitrogen and oxygen atoms in total. The molecule has 1 aliphatic heterocycles. The van der Waals surface area contributed by atoms with Crippen molar-refractivity contribution in [1.29, 1.82) is 0 Å². The van der Waals surface area contributed by atoms with Gasteiger partial charge in [0.25, 0.3) is 0 Å². The summed E-state index contributed by atoms with van der Waals surface area (Å²) in [7, 11) is 5.46. The highest BCUT2D eigenvalue weighted by Crippen LogP contribution is 2.22. The lowest BCUT2D eigenvalue weighted by Gasteiger charge is -2.31. The molecule has 0 aromatic heterocycles. The Balaban J connectivity index is 2.18. The van der Waals surface area contributed by atoms with Gasteiger partial charge in [-0.1, -0.05) is 20.8 Å². The number of carbonyl (C=O) groups excluding carboxylic acids is 2. The van der Waals surface area contributed by atoms with Crippen LogP contribution in [0.4, 0.5) is 13.6 Å². The Kier molecular flexibility index (Phi) is 10.3. The number of hydrogen-bond donors (Lipinski definition) is 3. The van der Waals surface area contributed by atoms with E-state index in [9.17, 15) is 18.4 Å². The van der Waals surface area contributed by atoms with E-state index in [0.717, 1.165) is 25.1 Å². The summed E-state index contributed by atoms with van der Waals surface area (Å²) < 4.78 is 32.8. The second kappa shape index (κ2) is 12.7. The van der Waals surface area contributed by atoms with Gasteiger partial charge in [-0.3, -0.25) is 9.79 Å². The Hall–Kier alpha value is -2.85. The van der Waals surface area contributed by atoms with Crippen molar-refractivity contribution in [2.24, 2.45) is 10.4 Å². The quantitative estimate of drug-likeness (QED) is 0.364. The highest BCUT2D eigenvalue weighted by atomic mass is 19.2. The number of halogens is 2. The molecule has 1 aromatic rings. The van der Waals surface area contributed by atoms with Crippen molar-refractivity contribution >= 4 is 17.6 Å². The van der Waals surface area contributed by atoms with Crippen molar-refractivity contribution in [2.45, 2.75) is 39.7 Å². The van der Waals surface area contributed by atoms with Crippen molar-refractivity contribution in [3.63, 3.8) is 0 Å². The zero-order valence-corrected chi connectivity index (χ0v) is 21.4. The zero-order chi connectivity index (χ0) is 26.2. The number of nitrogens with zero attached hydrogens (tertiary/aromatic N) is 2. The fourth-order valence-corrected chi connectivity index (χ4v) is 3.71. The standard InChI is InChI=1S/C25H37F2N5O3/c1-25(2,3)22(23(33)29-11-7-12-32(5)6)31-24(34)30-20-10-13-35-15-17(20)21(28-4)16-8-9-18(26)19(27)14-16/h8-9,14,22H,7,10-13,15H2,1-6H3,(H,29,33)(H2,30,31,34)/b28-21-/t22-/m1/s1. The molecule has 3 N–H and O–H groups in total. The molecule has 0 radical (unpaired) electrons. The van der Waals surface area contributed by atoms with Crippen LogP contribution >= 0.6 is 0 Å². The van der Waals surface area contributed by atoms with E-state index >= 15 is 0 Å². The summed E-state index contributed by atoms with van der Waals surface area (Å²) in [4.78, 5) is 32.1. The second-order valence-corrected chi connectivity index (χ2v) is 9.81. The molecular formula is C25H37F2N5O3. The van der Waals surface area contributed by atoms with Gasteiger partial charge in [-0.15, -0.1) is 0 Å². The van der Waals surface area contributed by atoms with Crippen molar-refractivity contribution in [2.75, 3.05) is 47.4 Å². The van der Waals surface area contributed by atoms with Gasteiger partial charge in [0.2, 0.25) is 5.91 Å². The van der Waals surface area contributed by atoms with Crippen molar-refractivity contribution in [1.82, 2.24) is 20.9 Å². The third-order valence-corrected chi connectivity index (χ3v) is 5.56.